The van der Waals surface area contributed by atoms with Gasteiger partial charge < -0.3 is 4.90 Å². The van der Waals surface area contributed by atoms with Gasteiger partial charge in [-0.3, -0.25) is 14.2 Å². The molecule has 1 aromatic carbocycles. The van der Waals surface area contributed by atoms with Gasteiger partial charge >= 0.3 is 0 Å². The Morgan fingerprint density at radius 3 is 2.70 bits per heavy atom. The van der Waals surface area contributed by atoms with Crippen molar-refractivity contribution in [2.75, 3.05) is 18.8 Å². The van der Waals surface area contributed by atoms with Crippen LogP contribution in [0.2, 0.25) is 0 Å². The molecule has 1 aromatic heterocycles. The van der Waals surface area contributed by atoms with Crippen LogP contribution in [0.3, 0.4) is 0 Å². The number of likely N-dealkylation sites (tertiary alicyclic amines) is 1. The molecule has 2 aliphatic heterocycles. The summed E-state index contributed by atoms with van der Waals surface area (Å²) < 4.78 is 1.67. The summed E-state index contributed by atoms with van der Waals surface area (Å²) >= 11 is 1.52. The van der Waals surface area contributed by atoms with E-state index in [4.69, 9.17) is 0 Å². The molecule has 0 bridgehead atoms. The predicted molar refractivity (Wildman–Crippen MR) is 107 cm³/mol. The lowest BCUT2D eigenvalue weighted by Gasteiger charge is -2.35. The van der Waals surface area contributed by atoms with Crippen LogP contribution in [0.5, 0.6) is 0 Å². The molecule has 0 spiro atoms. The molecule has 0 N–H and O–H groups in total. The van der Waals surface area contributed by atoms with Gasteiger partial charge in [0, 0.05) is 37.1 Å². The number of fused-ring (bicyclic) bond motifs is 1. The maximum absolute atomic E-state index is 13.0. The average Bonchev–Trinajstić information content (AvgIpc) is 2.71. The summed E-state index contributed by atoms with van der Waals surface area (Å²) in [4.78, 5) is 31.7. The molecule has 3 heterocycles. The van der Waals surface area contributed by atoms with E-state index in [0.717, 1.165) is 37.5 Å². The summed E-state index contributed by atoms with van der Waals surface area (Å²) in [5.41, 5.74) is 1.99. The Kier molecular flexibility index (Phi) is 5.34. The third kappa shape index (κ3) is 3.95. The number of hydrogen-bond donors (Lipinski definition) is 0. The molecule has 4 rings (SSSR count). The highest BCUT2D eigenvalue weighted by molar-refractivity contribution is 7.99. The second-order valence-electron chi connectivity index (χ2n) is 7.61. The third-order valence-electron chi connectivity index (χ3n) is 5.64. The van der Waals surface area contributed by atoms with Crippen molar-refractivity contribution in [2.45, 2.75) is 37.9 Å². The number of piperidine rings is 1. The van der Waals surface area contributed by atoms with Crippen molar-refractivity contribution in [1.82, 2.24) is 14.5 Å². The van der Waals surface area contributed by atoms with Gasteiger partial charge in [0.1, 0.15) is 0 Å². The summed E-state index contributed by atoms with van der Waals surface area (Å²) in [5.74, 6) is 1.42. The molecule has 1 atom stereocenters. The molecule has 6 heteroatoms. The third-order valence-corrected chi connectivity index (χ3v) is 6.79. The molecule has 1 fully saturated rings. The summed E-state index contributed by atoms with van der Waals surface area (Å²) in [6, 6.07) is 10.6. The molecule has 2 aliphatic rings. The maximum atomic E-state index is 13.0. The number of rotatable bonds is 3. The first-order valence-corrected chi connectivity index (χ1v) is 10.6. The van der Waals surface area contributed by atoms with Crippen LogP contribution in [0.15, 0.2) is 46.5 Å². The lowest BCUT2D eigenvalue weighted by Crippen LogP contribution is -2.46. The maximum Gasteiger partial charge on any atom is 0.257 e. The van der Waals surface area contributed by atoms with Crippen LogP contribution in [0.1, 0.15) is 24.0 Å². The van der Waals surface area contributed by atoms with Crippen molar-refractivity contribution < 1.29 is 4.79 Å². The minimum Gasteiger partial charge on any atom is -0.342 e. The molecule has 142 valence electrons. The first kappa shape index (κ1) is 18.3. The van der Waals surface area contributed by atoms with Crippen molar-refractivity contribution in [1.29, 1.82) is 0 Å². The van der Waals surface area contributed by atoms with Gasteiger partial charge in [-0.2, -0.15) is 0 Å². The van der Waals surface area contributed by atoms with Crippen LogP contribution in [-0.4, -0.2) is 39.2 Å². The van der Waals surface area contributed by atoms with E-state index >= 15 is 0 Å². The number of amides is 1. The Hall–Kier alpha value is -2.08. The first-order valence-electron chi connectivity index (χ1n) is 9.64. The van der Waals surface area contributed by atoms with E-state index in [-0.39, 0.29) is 17.4 Å². The number of aryl methyl sites for hydroxylation is 1. The van der Waals surface area contributed by atoms with E-state index in [0.29, 0.717) is 23.8 Å². The van der Waals surface area contributed by atoms with Gasteiger partial charge in [0.15, 0.2) is 5.16 Å². The molecule has 1 saturated heterocycles. The highest BCUT2D eigenvalue weighted by Crippen LogP contribution is 2.28. The van der Waals surface area contributed by atoms with E-state index in [1.807, 2.05) is 11.0 Å². The largest absolute Gasteiger partial charge is 0.342 e. The number of benzene rings is 1. The Bertz CT molecular complexity index is 873. The first-order chi connectivity index (χ1) is 13.1. The van der Waals surface area contributed by atoms with Crippen molar-refractivity contribution >= 4 is 17.7 Å². The van der Waals surface area contributed by atoms with Gasteiger partial charge in [0.25, 0.3) is 5.56 Å². The molecule has 0 aliphatic carbocycles. The van der Waals surface area contributed by atoms with Crippen LogP contribution in [-0.2, 0) is 17.8 Å². The van der Waals surface area contributed by atoms with Crippen molar-refractivity contribution in [3.8, 4) is 0 Å². The fraction of sp³-hybridized carbons (Fsp3) is 0.476. The minimum absolute atomic E-state index is 0.0217. The summed E-state index contributed by atoms with van der Waals surface area (Å²) in [7, 11) is 0. The molecule has 5 nitrogen and oxygen atoms in total. The number of aromatic nitrogens is 2. The molecule has 0 unspecified atom stereocenters. The number of nitrogens with zero attached hydrogens (tertiary/aromatic N) is 3. The summed E-state index contributed by atoms with van der Waals surface area (Å²) in [6.45, 7) is 3.88. The van der Waals surface area contributed by atoms with E-state index < -0.39 is 0 Å². The van der Waals surface area contributed by atoms with Gasteiger partial charge in [-0.15, -0.1) is 0 Å². The number of carbonyl (C=O) groups excluding carboxylic acids is 1. The summed E-state index contributed by atoms with van der Waals surface area (Å²) in [5, 5.41) is 0.733. The fourth-order valence-electron chi connectivity index (χ4n) is 4.01. The smallest absolute Gasteiger partial charge is 0.257 e. The van der Waals surface area contributed by atoms with E-state index in [1.54, 1.807) is 17.7 Å². The summed E-state index contributed by atoms with van der Waals surface area (Å²) in [6.07, 6.45) is 4.83. The van der Waals surface area contributed by atoms with Crippen LogP contribution >= 0.6 is 11.8 Å². The zero-order valence-electron chi connectivity index (χ0n) is 15.6. The Morgan fingerprint density at radius 2 is 1.96 bits per heavy atom. The normalized spacial score (nSPS) is 20.3. The van der Waals surface area contributed by atoms with Gasteiger partial charge in [-0.1, -0.05) is 42.1 Å². The second-order valence-corrected chi connectivity index (χ2v) is 8.59. The zero-order valence-corrected chi connectivity index (χ0v) is 16.5. The van der Waals surface area contributed by atoms with Crippen molar-refractivity contribution in [2.24, 2.45) is 11.8 Å². The van der Waals surface area contributed by atoms with Crippen molar-refractivity contribution in [3.63, 3.8) is 0 Å². The van der Waals surface area contributed by atoms with Gasteiger partial charge in [-0.05, 0) is 37.7 Å². The van der Waals surface area contributed by atoms with Crippen LogP contribution in [0.4, 0.5) is 0 Å². The van der Waals surface area contributed by atoms with Crippen molar-refractivity contribution in [3.05, 3.63) is 58.0 Å². The van der Waals surface area contributed by atoms with E-state index in [1.165, 1.54) is 17.3 Å². The minimum atomic E-state index is -0.130. The van der Waals surface area contributed by atoms with E-state index in [2.05, 4.69) is 29.2 Å². The average molecular weight is 384 g/mol. The topological polar surface area (TPSA) is 55.2 Å². The SMILES string of the molecule is Cc1cnc2n(c1=O)C[C@@H](C(=O)N1CCC(Cc3ccccc3)CC1)CS2. The quantitative estimate of drug-likeness (QED) is 0.765. The predicted octanol–water partition coefficient (Wildman–Crippen LogP) is 2.75. The standard InChI is InChI=1S/C21H25N3O2S/c1-15-12-22-21-24(19(15)25)13-18(14-27-21)20(26)23-9-7-17(8-10-23)11-16-5-3-2-4-6-16/h2-6,12,17-18H,7-11,13-14H2,1H3/t18-/m1/s1. The molecular weight excluding hydrogens is 358 g/mol. The van der Waals surface area contributed by atoms with Gasteiger partial charge in [0.05, 0.1) is 5.92 Å². The second kappa shape index (κ2) is 7.89. The number of carbonyl (C=O) groups is 1. The Morgan fingerprint density at radius 1 is 1.22 bits per heavy atom. The monoisotopic (exact) mass is 383 g/mol. The molecule has 0 saturated carbocycles. The molecule has 2 aromatic rings. The number of thioether (sulfide) groups is 1. The highest BCUT2D eigenvalue weighted by Gasteiger charge is 2.32. The lowest BCUT2D eigenvalue weighted by molar-refractivity contribution is -0.136. The molecular formula is C21H25N3O2S. The number of hydrogen-bond acceptors (Lipinski definition) is 4. The molecule has 1 amide bonds. The lowest BCUT2D eigenvalue weighted by atomic mass is 9.90. The van der Waals surface area contributed by atoms with Crippen LogP contribution in [0, 0.1) is 18.8 Å². The van der Waals surface area contributed by atoms with Crippen LogP contribution < -0.4 is 5.56 Å². The fourth-order valence-corrected chi connectivity index (χ4v) is 5.05. The Labute approximate surface area is 163 Å². The molecule has 0 radical (unpaired) electrons. The van der Waals surface area contributed by atoms with Crippen LogP contribution in [0.25, 0.3) is 0 Å². The highest BCUT2D eigenvalue weighted by atomic mass is 32.2. The molecule has 27 heavy (non-hydrogen) atoms. The van der Waals surface area contributed by atoms with E-state index in [9.17, 15) is 9.59 Å². The van der Waals surface area contributed by atoms with Gasteiger partial charge in [0.2, 0.25) is 5.91 Å². The zero-order chi connectivity index (χ0) is 18.8. The Balaban J connectivity index is 1.36. The van der Waals surface area contributed by atoms with Gasteiger partial charge in [-0.25, -0.2) is 4.98 Å².